The van der Waals surface area contributed by atoms with Gasteiger partial charge in [-0.2, -0.15) is 0 Å². The highest BCUT2D eigenvalue weighted by Crippen LogP contribution is 2.22. The first-order valence-corrected chi connectivity index (χ1v) is 7.22. The van der Waals surface area contributed by atoms with Gasteiger partial charge in [0.15, 0.2) is 0 Å². The molecule has 0 N–H and O–H groups in total. The second-order valence-electron chi connectivity index (χ2n) is 4.88. The lowest BCUT2D eigenvalue weighted by Crippen LogP contribution is -2.46. The number of ether oxygens (including phenoxy) is 1. The zero-order valence-electron chi connectivity index (χ0n) is 12.4. The maximum absolute atomic E-state index is 12.3. The van der Waals surface area contributed by atoms with Gasteiger partial charge in [-0.25, -0.2) is 0 Å². The number of hydrogen-bond donors (Lipinski definition) is 0. The lowest BCUT2D eigenvalue weighted by atomic mass is 10.2. The number of carbonyl (C=O) groups is 2. The number of nitrogens with zero attached hydrogens (tertiary/aromatic N) is 1. The van der Waals surface area contributed by atoms with E-state index < -0.39 is 0 Å². The lowest BCUT2D eigenvalue weighted by molar-refractivity contribution is -0.139. The van der Waals surface area contributed by atoms with E-state index in [4.69, 9.17) is 0 Å². The van der Waals surface area contributed by atoms with Gasteiger partial charge >= 0.3 is 5.97 Å². The number of hydrogen-bond acceptors (Lipinski definition) is 4. The molecule has 1 amide bonds. The summed E-state index contributed by atoms with van der Waals surface area (Å²) in [4.78, 5) is 25.5. The number of thioether (sulfide) groups is 1. The second kappa shape index (κ2) is 7.67. The molecule has 0 aliphatic heterocycles. The van der Waals surface area contributed by atoms with Crippen molar-refractivity contribution in [3.63, 3.8) is 0 Å². The molecule has 0 aliphatic carbocycles. The number of rotatable bonds is 6. The van der Waals surface area contributed by atoms with E-state index in [9.17, 15) is 9.59 Å². The van der Waals surface area contributed by atoms with Crippen molar-refractivity contribution in [2.24, 2.45) is 0 Å². The highest BCUT2D eigenvalue weighted by molar-refractivity contribution is 8.01. The Morgan fingerprint density at radius 2 is 1.39 bits per heavy atom. The van der Waals surface area contributed by atoms with E-state index in [2.05, 4.69) is 4.74 Å². The summed E-state index contributed by atoms with van der Waals surface area (Å²) in [7, 11) is 1.36. The van der Waals surface area contributed by atoms with Crippen LogP contribution in [-0.4, -0.2) is 46.5 Å². The summed E-state index contributed by atoms with van der Waals surface area (Å²) in [6.45, 7) is 11.6. The van der Waals surface area contributed by atoms with Gasteiger partial charge in [-0.3, -0.25) is 9.59 Å². The Kier molecular flexibility index (Phi) is 7.36. The third kappa shape index (κ3) is 4.88. The average molecular weight is 275 g/mol. The molecule has 0 unspecified atom stereocenters. The van der Waals surface area contributed by atoms with Gasteiger partial charge < -0.3 is 9.64 Å². The van der Waals surface area contributed by atoms with E-state index in [1.54, 1.807) is 6.92 Å². The van der Waals surface area contributed by atoms with Gasteiger partial charge in [0.25, 0.3) is 0 Å². The van der Waals surface area contributed by atoms with Crippen molar-refractivity contribution in [3.8, 4) is 0 Å². The van der Waals surface area contributed by atoms with Crippen molar-refractivity contribution in [1.29, 1.82) is 0 Å². The number of methoxy groups -OCH3 is 1. The predicted octanol–water partition coefficient (Wildman–Crippen LogP) is 2.32. The summed E-state index contributed by atoms with van der Waals surface area (Å²) in [5, 5.41) is -0.570. The molecule has 0 heterocycles. The standard InChI is InChI=1S/C13H25NO3S/c1-8(2)14(9(3)4)12(15)10(5)18-11(6)13(16)17-7/h8-11H,1-7H3/t10-,11+/m0/s1. The fourth-order valence-corrected chi connectivity index (χ4v) is 2.96. The van der Waals surface area contributed by atoms with Crippen molar-refractivity contribution >= 4 is 23.6 Å². The molecule has 0 aromatic carbocycles. The lowest BCUT2D eigenvalue weighted by Gasteiger charge is -2.33. The number of esters is 1. The van der Waals surface area contributed by atoms with E-state index in [1.807, 2.05) is 39.5 Å². The molecule has 4 nitrogen and oxygen atoms in total. The Morgan fingerprint density at radius 1 is 0.944 bits per heavy atom. The fourth-order valence-electron chi connectivity index (χ4n) is 1.90. The molecular formula is C13H25NO3S. The van der Waals surface area contributed by atoms with E-state index >= 15 is 0 Å². The SMILES string of the molecule is COC(=O)[C@@H](C)S[C@@H](C)C(=O)N(C(C)C)C(C)C. The van der Waals surface area contributed by atoms with Crippen molar-refractivity contribution in [2.45, 2.75) is 64.1 Å². The molecule has 0 saturated heterocycles. The van der Waals surface area contributed by atoms with Crippen molar-refractivity contribution < 1.29 is 14.3 Å². The van der Waals surface area contributed by atoms with Crippen LogP contribution in [0.15, 0.2) is 0 Å². The van der Waals surface area contributed by atoms with Crippen LogP contribution in [0.25, 0.3) is 0 Å². The van der Waals surface area contributed by atoms with Crippen LogP contribution in [0.5, 0.6) is 0 Å². The summed E-state index contributed by atoms with van der Waals surface area (Å²) in [6.07, 6.45) is 0. The largest absolute Gasteiger partial charge is 0.468 e. The molecule has 0 saturated carbocycles. The molecule has 18 heavy (non-hydrogen) atoms. The van der Waals surface area contributed by atoms with Gasteiger partial charge in [0, 0.05) is 12.1 Å². The maximum Gasteiger partial charge on any atom is 0.318 e. The zero-order chi connectivity index (χ0) is 14.5. The molecule has 0 aromatic rings. The van der Waals surface area contributed by atoms with E-state index in [0.29, 0.717) is 0 Å². The number of carbonyl (C=O) groups excluding carboxylic acids is 2. The first-order chi connectivity index (χ1) is 8.22. The molecule has 0 radical (unpaired) electrons. The minimum absolute atomic E-state index is 0.0701. The zero-order valence-corrected chi connectivity index (χ0v) is 13.2. The van der Waals surface area contributed by atoms with Crippen molar-refractivity contribution in [1.82, 2.24) is 4.90 Å². The average Bonchev–Trinajstić information content (AvgIpc) is 2.26. The Balaban J connectivity index is 4.62. The molecule has 0 rings (SSSR count). The summed E-state index contributed by atoms with van der Waals surface area (Å²) in [6, 6.07) is 0.322. The van der Waals surface area contributed by atoms with Gasteiger partial charge in [-0.15, -0.1) is 11.8 Å². The Labute approximate surface area is 114 Å². The molecule has 2 atom stereocenters. The summed E-state index contributed by atoms with van der Waals surface area (Å²) >= 11 is 1.34. The summed E-state index contributed by atoms with van der Waals surface area (Å²) < 4.78 is 4.66. The molecule has 5 heteroatoms. The van der Waals surface area contributed by atoms with Crippen LogP contribution in [0.3, 0.4) is 0 Å². The molecule has 0 bridgehead atoms. The molecule has 0 aromatic heterocycles. The summed E-state index contributed by atoms with van der Waals surface area (Å²) in [5.41, 5.74) is 0. The topological polar surface area (TPSA) is 46.6 Å². The highest BCUT2D eigenvalue weighted by atomic mass is 32.2. The highest BCUT2D eigenvalue weighted by Gasteiger charge is 2.28. The van der Waals surface area contributed by atoms with Crippen LogP contribution >= 0.6 is 11.8 Å². The maximum atomic E-state index is 12.3. The fraction of sp³-hybridized carbons (Fsp3) is 0.846. The van der Waals surface area contributed by atoms with Gasteiger partial charge in [0.2, 0.25) is 5.91 Å². The Bertz CT molecular complexity index is 284. The Morgan fingerprint density at radius 3 is 1.72 bits per heavy atom. The monoisotopic (exact) mass is 275 g/mol. The van der Waals surface area contributed by atoms with Crippen LogP contribution in [0.2, 0.25) is 0 Å². The smallest absolute Gasteiger partial charge is 0.318 e. The van der Waals surface area contributed by atoms with Gasteiger partial charge in [0.05, 0.1) is 12.4 Å². The van der Waals surface area contributed by atoms with Crippen LogP contribution in [0, 0.1) is 0 Å². The quantitative estimate of drug-likeness (QED) is 0.698. The first-order valence-electron chi connectivity index (χ1n) is 6.27. The minimum Gasteiger partial charge on any atom is -0.468 e. The minimum atomic E-state index is -0.324. The van der Waals surface area contributed by atoms with Crippen LogP contribution in [-0.2, 0) is 14.3 Å². The van der Waals surface area contributed by atoms with Gasteiger partial charge in [0.1, 0.15) is 5.25 Å². The Hall–Kier alpha value is -0.710. The van der Waals surface area contributed by atoms with E-state index in [-0.39, 0.29) is 34.5 Å². The third-order valence-electron chi connectivity index (χ3n) is 2.66. The first kappa shape index (κ1) is 17.3. The third-order valence-corrected chi connectivity index (χ3v) is 3.87. The molecule has 0 fully saturated rings. The number of amides is 1. The van der Waals surface area contributed by atoms with E-state index in [0.717, 1.165) is 0 Å². The van der Waals surface area contributed by atoms with Crippen LogP contribution < -0.4 is 0 Å². The van der Waals surface area contributed by atoms with Crippen LogP contribution in [0.4, 0.5) is 0 Å². The van der Waals surface area contributed by atoms with Crippen molar-refractivity contribution in [3.05, 3.63) is 0 Å². The molecule has 106 valence electrons. The molecular weight excluding hydrogens is 250 g/mol. The molecule has 0 spiro atoms. The van der Waals surface area contributed by atoms with Gasteiger partial charge in [-0.05, 0) is 41.5 Å². The normalized spacial score (nSPS) is 14.5. The second-order valence-corrected chi connectivity index (χ2v) is 6.56. The van der Waals surface area contributed by atoms with Gasteiger partial charge in [-0.1, -0.05) is 0 Å². The molecule has 0 aliphatic rings. The summed E-state index contributed by atoms with van der Waals surface area (Å²) in [5.74, 6) is -0.221. The van der Waals surface area contributed by atoms with E-state index in [1.165, 1.54) is 18.9 Å². The van der Waals surface area contributed by atoms with Crippen molar-refractivity contribution in [2.75, 3.05) is 7.11 Å². The predicted molar refractivity (Wildman–Crippen MR) is 75.6 cm³/mol. The van der Waals surface area contributed by atoms with Crippen LogP contribution in [0.1, 0.15) is 41.5 Å².